The molecule has 0 atom stereocenters. The van der Waals surface area contributed by atoms with Gasteiger partial charge in [-0.05, 0) is 86.5 Å². The van der Waals surface area contributed by atoms with Gasteiger partial charge in [0.25, 0.3) is 0 Å². The minimum Gasteiger partial charge on any atom is -0.488 e. The molecular formula is C30H26FNO. The van der Waals surface area contributed by atoms with E-state index in [2.05, 4.69) is 71.3 Å². The van der Waals surface area contributed by atoms with Gasteiger partial charge in [-0.25, -0.2) is 4.39 Å². The van der Waals surface area contributed by atoms with E-state index in [9.17, 15) is 4.39 Å². The molecule has 0 saturated carbocycles. The molecule has 0 N–H and O–H groups in total. The number of aromatic nitrogens is 1. The summed E-state index contributed by atoms with van der Waals surface area (Å²) in [5.41, 5.74) is 4.99. The van der Waals surface area contributed by atoms with Crippen molar-refractivity contribution >= 4 is 33.6 Å². The fraction of sp³-hybridized carbons (Fsp3) is 0.133. The van der Waals surface area contributed by atoms with Crippen LogP contribution in [0.4, 0.5) is 4.39 Å². The third-order valence-electron chi connectivity index (χ3n) is 5.57. The average Bonchev–Trinajstić information content (AvgIpc) is 3.13. The highest BCUT2D eigenvalue weighted by Crippen LogP contribution is 2.35. The molecule has 0 radical (unpaired) electrons. The first-order chi connectivity index (χ1) is 15.9. The Bertz CT molecular complexity index is 1400. The quantitative estimate of drug-likeness (QED) is 0.260. The zero-order chi connectivity index (χ0) is 23.0. The second-order valence-corrected chi connectivity index (χ2v) is 9.19. The number of fused-ring (bicyclic) bond motifs is 3. The number of halogens is 1. The van der Waals surface area contributed by atoms with Gasteiger partial charge in [0.15, 0.2) is 0 Å². The van der Waals surface area contributed by atoms with Crippen molar-refractivity contribution in [3.05, 3.63) is 114 Å². The Morgan fingerprint density at radius 2 is 1.27 bits per heavy atom. The van der Waals surface area contributed by atoms with E-state index in [4.69, 9.17) is 4.74 Å². The lowest BCUT2D eigenvalue weighted by atomic mass is 10.1. The van der Waals surface area contributed by atoms with Crippen LogP contribution in [0.1, 0.15) is 31.9 Å². The molecule has 0 bridgehead atoms. The van der Waals surface area contributed by atoms with E-state index < -0.39 is 0 Å². The normalized spacial score (nSPS) is 12.4. The predicted molar refractivity (Wildman–Crippen MR) is 136 cm³/mol. The summed E-state index contributed by atoms with van der Waals surface area (Å²) in [5.74, 6) is 0.587. The Balaban J connectivity index is 1.74. The van der Waals surface area contributed by atoms with E-state index in [1.54, 1.807) is 12.1 Å². The second-order valence-electron chi connectivity index (χ2n) is 9.19. The monoisotopic (exact) mass is 435 g/mol. The molecule has 5 rings (SSSR count). The molecule has 0 unspecified atom stereocenters. The molecule has 0 spiro atoms. The molecule has 33 heavy (non-hydrogen) atoms. The van der Waals surface area contributed by atoms with Crippen molar-refractivity contribution in [3.8, 4) is 5.75 Å². The van der Waals surface area contributed by atoms with Crippen molar-refractivity contribution < 1.29 is 9.13 Å². The van der Waals surface area contributed by atoms with E-state index in [-0.39, 0.29) is 11.4 Å². The lowest BCUT2D eigenvalue weighted by Gasteiger charge is -2.21. The fourth-order valence-corrected chi connectivity index (χ4v) is 4.22. The van der Waals surface area contributed by atoms with E-state index in [0.717, 1.165) is 33.6 Å². The topological polar surface area (TPSA) is 14.2 Å². The van der Waals surface area contributed by atoms with E-state index >= 15 is 0 Å². The Kier molecular flexibility index (Phi) is 5.26. The fourth-order valence-electron chi connectivity index (χ4n) is 4.22. The smallest absolute Gasteiger partial charge is 0.123 e. The van der Waals surface area contributed by atoms with Crippen LogP contribution < -0.4 is 4.74 Å². The summed E-state index contributed by atoms with van der Waals surface area (Å²) in [6.45, 7) is 6.12. The summed E-state index contributed by atoms with van der Waals surface area (Å²) in [6.07, 6.45) is 2.11. The highest BCUT2D eigenvalue weighted by Gasteiger charge is 2.16. The first-order valence-electron chi connectivity index (χ1n) is 11.1. The predicted octanol–water partition coefficient (Wildman–Crippen LogP) is 8.16. The Morgan fingerprint density at radius 3 is 1.82 bits per heavy atom. The summed E-state index contributed by atoms with van der Waals surface area (Å²) in [4.78, 5) is 0. The maximum absolute atomic E-state index is 13.6. The van der Waals surface area contributed by atoms with Crippen LogP contribution in [0, 0.1) is 5.82 Å². The molecule has 1 aromatic heterocycles. The molecule has 3 heteroatoms. The first-order valence-corrected chi connectivity index (χ1v) is 11.1. The average molecular weight is 436 g/mol. The van der Waals surface area contributed by atoms with Crippen molar-refractivity contribution in [1.29, 1.82) is 0 Å². The Morgan fingerprint density at radius 1 is 0.727 bits per heavy atom. The van der Waals surface area contributed by atoms with Gasteiger partial charge >= 0.3 is 0 Å². The van der Waals surface area contributed by atoms with E-state index in [1.165, 1.54) is 22.9 Å². The van der Waals surface area contributed by atoms with Gasteiger partial charge in [-0.2, -0.15) is 0 Å². The molecule has 0 aliphatic carbocycles. The molecule has 4 aromatic carbocycles. The van der Waals surface area contributed by atoms with Gasteiger partial charge in [-0.3, -0.25) is 0 Å². The standard InChI is InChI=1S/C30H26FNO/c1-30(2,3)33-24-18-14-22(15-19-24)29(20-21-12-16-23(31)17-13-21)32-27-10-6-4-8-25(27)26-9-5-7-11-28(26)32/h4-20H,1-3H3/b29-20-. The number of hydrogen-bond donors (Lipinski definition) is 0. The van der Waals surface area contributed by atoms with Gasteiger partial charge in [-0.1, -0.05) is 48.5 Å². The molecule has 0 fully saturated rings. The SMILES string of the molecule is CC(C)(C)Oc1ccc(/C(=C/c2ccc(F)cc2)n2c3ccccc3c3ccccc32)cc1. The van der Waals surface area contributed by atoms with Crippen molar-refractivity contribution in [1.82, 2.24) is 4.57 Å². The summed E-state index contributed by atoms with van der Waals surface area (Å²) < 4.78 is 21.9. The zero-order valence-electron chi connectivity index (χ0n) is 19.0. The third-order valence-corrected chi connectivity index (χ3v) is 5.57. The number of para-hydroxylation sites is 2. The van der Waals surface area contributed by atoms with Crippen LogP contribution in [0.25, 0.3) is 33.6 Å². The summed E-state index contributed by atoms with van der Waals surface area (Å²) in [5, 5.41) is 2.40. The van der Waals surface area contributed by atoms with Crippen LogP contribution in [-0.4, -0.2) is 10.2 Å². The molecule has 2 nitrogen and oxygen atoms in total. The van der Waals surface area contributed by atoms with Crippen LogP contribution >= 0.6 is 0 Å². The van der Waals surface area contributed by atoms with Crippen molar-refractivity contribution in [2.24, 2.45) is 0 Å². The lowest BCUT2D eigenvalue weighted by Crippen LogP contribution is -2.22. The van der Waals surface area contributed by atoms with Gasteiger partial charge in [0.1, 0.15) is 17.2 Å². The highest BCUT2D eigenvalue weighted by molar-refractivity contribution is 6.11. The molecule has 0 saturated heterocycles. The maximum atomic E-state index is 13.6. The molecule has 1 heterocycles. The summed E-state index contributed by atoms with van der Waals surface area (Å²) in [6, 6.07) is 31.7. The molecule has 164 valence electrons. The number of ether oxygens (including phenoxy) is 1. The van der Waals surface area contributed by atoms with Gasteiger partial charge in [0, 0.05) is 10.8 Å². The number of hydrogen-bond acceptors (Lipinski definition) is 1. The maximum Gasteiger partial charge on any atom is 0.123 e. The molecule has 5 aromatic rings. The zero-order valence-corrected chi connectivity index (χ0v) is 19.0. The Hall–Kier alpha value is -3.85. The van der Waals surface area contributed by atoms with Crippen molar-refractivity contribution in [3.63, 3.8) is 0 Å². The molecule has 0 amide bonds. The van der Waals surface area contributed by atoms with E-state index in [1.807, 2.05) is 32.9 Å². The van der Waals surface area contributed by atoms with Crippen molar-refractivity contribution in [2.45, 2.75) is 26.4 Å². The first kappa shape index (κ1) is 21.0. The molecule has 0 aliphatic heterocycles. The van der Waals surface area contributed by atoms with Gasteiger partial charge in [0.05, 0.1) is 16.7 Å². The van der Waals surface area contributed by atoms with Gasteiger partial charge < -0.3 is 9.30 Å². The number of nitrogens with zero attached hydrogens (tertiary/aromatic N) is 1. The van der Waals surface area contributed by atoms with Crippen LogP contribution in [0.3, 0.4) is 0 Å². The van der Waals surface area contributed by atoms with Crippen LogP contribution in [-0.2, 0) is 0 Å². The van der Waals surface area contributed by atoms with E-state index in [0.29, 0.717) is 0 Å². The second kappa shape index (κ2) is 8.25. The van der Waals surface area contributed by atoms with Gasteiger partial charge in [0.2, 0.25) is 0 Å². The summed E-state index contributed by atoms with van der Waals surface area (Å²) >= 11 is 0. The highest BCUT2D eigenvalue weighted by atomic mass is 19.1. The number of benzene rings is 4. The Labute approximate surface area is 193 Å². The molecular weight excluding hydrogens is 409 g/mol. The van der Waals surface area contributed by atoms with Crippen LogP contribution in [0.2, 0.25) is 0 Å². The van der Waals surface area contributed by atoms with Gasteiger partial charge in [-0.15, -0.1) is 0 Å². The summed E-state index contributed by atoms with van der Waals surface area (Å²) in [7, 11) is 0. The minimum absolute atomic E-state index is 0.241. The third kappa shape index (κ3) is 4.27. The minimum atomic E-state index is -0.263. The molecule has 0 aliphatic rings. The van der Waals surface area contributed by atoms with Crippen LogP contribution in [0.5, 0.6) is 5.75 Å². The van der Waals surface area contributed by atoms with Crippen LogP contribution in [0.15, 0.2) is 97.1 Å². The largest absolute Gasteiger partial charge is 0.488 e. The van der Waals surface area contributed by atoms with Crippen molar-refractivity contribution in [2.75, 3.05) is 0 Å². The lowest BCUT2D eigenvalue weighted by molar-refractivity contribution is 0.131. The number of rotatable bonds is 4.